The summed E-state index contributed by atoms with van der Waals surface area (Å²) in [7, 11) is 3.45. The highest BCUT2D eigenvalue weighted by molar-refractivity contribution is 14.0. The molecule has 0 aliphatic heterocycles. The van der Waals surface area contributed by atoms with Gasteiger partial charge in [0.15, 0.2) is 5.96 Å². The van der Waals surface area contributed by atoms with E-state index in [1.54, 1.807) is 14.2 Å². The highest BCUT2D eigenvalue weighted by Gasteiger charge is 2.03. The van der Waals surface area contributed by atoms with E-state index >= 15 is 0 Å². The summed E-state index contributed by atoms with van der Waals surface area (Å²) in [6.07, 6.45) is 3.87. The van der Waals surface area contributed by atoms with Crippen LogP contribution >= 0.6 is 24.0 Å². The number of ether oxygens (including phenoxy) is 1. The molecule has 0 radical (unpaired) electrons. The van der Waals surface area contributed by atoms with Gasteiger partial charge in [-0.2, -0.15) is 5.10 Å². The van der Waals surface area contributed by atoms with Gasteiger partial charge in [-0.1, -0.05) is 0 Å². The highest BCUT2D eigenvalue weighted by Crippen LogP contribution is 1.92. The Hall–Kier alpha value is -0.830. The van der Waals surface area contributed by atoms with Crippen molar-refractivity contribution >= 4 is 29.9 Å². The van der Waals surface area contributed by atoms with E-state index in [4.69, 9.17) is 4.74 Å². The predicted octanol–water partition coefficient (Wildman–Crippen LogP) is 1.01. The maximum absolute atomic E-state index is 5.07. The van der Waals surface area contributed by atoms with E-state index in [0.29, 0.717) is 6.61 Å². The lowest BCUT2D eigenvalue weighted by Crippen LogP contribution is -2.44. The van der Waals surface area contributed by atoms with E-state index in [0.717, 1.165) is 19.0 Å². The second-order valence-corrected chi connectivity index (χ2v) is 4.28. The maximum Gasteiger partial charge on any atom is 0.191 e. The third-order valence-electron chi connectivity index (χ3n) is 2.42. The summed E-state index contributed by atoms with van der Waals surface area (Å²) in [5.74, 6) is 0.781. The van der Waals surface area contributed by atoms with E-state index in [-0.39, 0.29) is 30.0 Å². The van der Waals surface area contributed by atoms with Crippen molar-refractivity contribution in [3.8, 4) is 0 Å². The number of aryl methyl sites for hydroxylation is 1. The van der Waals surface area contributed by atoms with Crippen LogP contribution in [-0.2, 0) is 11.3 Å². The molecule has 1 aromatic rings. The molecule has 0 bridgehead atoms. The molecule has 7 heteroatoms. The molecule has 1 atom stereocenters. The van der Waals surface area contributed by atoms with Gasteiger partial charge in [0.2, 0.25) is 0 Å². The van der Waals surface area contributed by atoms with Crippen LogP contribution in [0.3, 0.4) is 0 Å². The number of rotatable bonds is 6. The molecule has 0 spiro atoms. The Kier molecular flexibility index (Phi) is 9.58. The number of halogens is 1. The molecule has 0 saturated heterocycles. The lowest BCUT2D eigenvalue weighted by Gasteiger charge is -2.17. The minimum Gasteiger partial charge on any atom is -0.383 e. The van der Waals surface area contributed by atoms with Crippen molar-refractivity contribution in [1.82, 2.24) is 20.4 Å². The van der Waals surface area contributed by atoms with E-state index in [2.05, 4.69) is 20.7 Å². The topological polar surface area (TPSA) is 63.5 Å². The molecule has 0 saturated carbocycles. The van der Waals surface area contributed by atoms with Gasteiger partial charge in [0.05, 0.1) is 19.3 Å². The molecular formula is C12H24IN5O. The summed E-state index contributed by atoms with van der Waals surface area (Å²) < 4.78 is 6.98. The Balaban J connectivity index is 0.00000324. The smallest absolute Gasteiger partial charge is 0.191 e. The third-order valence-corrected chi connectivity index (χ3v) is 2.42. The van der Waals surface area contributed by atoms with Gasteiger partial charge in [0, 0.05) is 32.9 Å². The summed E-state index contributed by atoms with van der Waals surface area (Å²) in [4.78, 5) is 4.16. The van der Waals surface area contributed by atoms with Crippen LogP contribution in [0.25, 0.3) is 0 Å². The number of nitrogens with one attached hydrogen (secondary N) is 2. The minimum atomic E-state index is 0. The Morgan fingerprint density at radius 1 is 1.58 bits per heavy atom. The molecule has 1 aromatic heterocycles. The Labute approximate surface area is 132 Å². The zero-order chi connectivity index (χ0) is 13.4. The largest absolute Gasteiger partial charge is 0.383 e. The molecule has 6 nitrogen and oxygen atoms in total. The number of methoxy groups -OCH3 is 1. The van der Waals surface area contributed by atoms with Crippen molar-refractivity contribution in [2.75, 3.05) is 27.3 Å². The zero-order valence-corrected chi connectivity index (χ0v) is 14.3. The summed E-state index contributed by atoms with van der Waals surface area (Å²) in [6.45, 7) is 6.32. The van der Waals surface area contributed by atoms with Crippen LogP contribution in [0.5, 0.6) is 0 Å². The molecule has 1 unspecified atom stereocenters. The summed E-state index contributed by atoms with van der Waals surface area (Å²) in [5.41, 5.74) is 1.17. The van der Waals surface area contributed by atoms with Crippen LogP contribution < -0.4 is 10.6 Å². The average Bonchev–Trinajstić information content (AvgIpc) is 2.74. The molecule has 0 aliphatic carbocycles. The first-order chi connectivity index (χ1) is 8.65. The lowest BCUT2D eigenvalue weighted by atomic mass is 10.4. The summed E-state index contributed by atoms with van der Waals surface area (Å²) >= 11 is 0. The van der Waals surface area contributed by atoms with Crippen LogP contribution in [0.1, 0.15) is 12.5 Å². The molecule has 110 valence electrons. The Morgan fingerprint density at radius 3 is 2.84 bits per heavy atom. The van der Waals surface area contributed by atoms with Crippen molar-refractivity contribution in [2.45, 2.75) is 26.4 Å². The molecule has 0 amide bonds. The number of guanidine groups is 1. The van der Waals surface area contributed by atoms with Crippen molar-refractivity contribution in [3.63, 3.8) is 0 Å². The number of hydrogen-bond donors (Lipinski definition) is 2. The van der Waals surface area contributed by atoms with Gasteiger partial charge in [-0.05, 0) is 19.4 Å². The second-order valence-electron chi connectivity index (χ2n) is 4.28. The van der Waals surface area contributed by atoms with Crippen LogP contribution in [0.4, 0.5) is 0 Å². The Morgan fingerprint density at radius 2 is 2.32 bits per heavy atom. The van der Waals surface area contributed by atoms with Crippen molar-refractivity contribution in [3.05, 3.63) is 18.0 Å². The standard InChI is InChI=1S/C12H23N5O.HI/c1-10-7-15-17(8-10)6-5-14-12(13-3)16-11(2)9-18-4;/h7-8,11H,5-6,9H2,1-4H3,(H2,13,14,16);1H. The van der Waals surface area contributed by atoms with Gasteiger partial charge in [-0.3, -0.25) is 9.67 Å². The van der Waals surface area contributed by atoms with E-state index in [1.807, 2.05) is 30.9 Å². The molecule has 2 N–H and O–H groups in total. The summed E-state index contributed by atoms with van der Waals surface area (Å²) in [6, 6.07) is 0.230. The normalized spacial score (nSPS) is 12.7. The second kappa shape index (κ2) is 10.0. The van der Waals surface area contributed by atoms with Crippen LogP contribution in [0.15, 0.2) is 17.4 Å². The predicted molar refractivity (Wildman–Crippen MR) is 88.2 cm³/mol. The van der Waals surface area contributed by atoms with Crippen LogP contribution in [0.2, 0.25) is 0 Å². The van der Waals surface area contributed by atoms with E-state index in [1.165, 1.54) is 5.56 Å². The fraction of sp³-hybridized carbons (Fsp3) is 0.667. The quantitative estimate of drug-likeness (QED) is 0.439. The average molecular weight is 381 g/mol. The van der Waals surface area contributed by atoms with Crippen LogP contribution in [0, 0.1) is 6.92 Å². The minimum absolute atomic E-state index is 0. The Bertz CT molecular complexity index is 380. The van der Waals surface area contributed by atoms with Crippen molar-refractivity contribution in [2.24, 2.45) is 4.99 Å². The lowest BCUT2D eigenvalue weighted by molar-refractivity contribution is 0.179. The summed E-state index contributed by atoms with van der Waals surface area (Å²) in [5, 5.41) is 10.7. The first-order valence-corrected chi connectivity index (χ1v) is 6.11. The monoisotopic (exact) mass is 381 g/mol. The van der Waals surface area contributed by atoms with Gasteiger partial charge in [0.1, 0.15) is 0 Å². The number of nitrogens with zero attached hydrogens (tertiary/aromatic N) is 3. The fourth-order valence-electron chi connectivity index (χ4n) is 1.60. The number of hydrogen-bond acceptors (Lipinski definition) is 3. The molecule has 1 heterocycles. The molecular weight excluding hydrogens is 357 g/mol. The van der Waals surface area contributed by atoms with Gasteiger partial charge < -0.3 is 15.4 Å². The highest BCUT2D eigenvalue weighted by atomic mass is 127. The molecule has 19 heavy (non-hydrogen) atoms. The molecule has 0 aromatic carbocycles. The van der Waals surface area contributed by atoms with Crippen LogP contribution in [-0.4, -0.2) is 49.1 Å². The van der Waals surface area contributed by atoms with Gasteiger partial charge >= 0.3 is 0 Å². The van der Waals surface area contributed by atoms with Crippen molar-refractivity contribution < 1.29 is 4.74 Å². The van der Waals surface area contributed by atoms with Gasteiger partial charge in [0.25, 0.3) is 0 Å². The number of aliphatic imine (C=N–C) groups is 1. The number of aromatic nitrogens is 2. The third kappa shape index (κ3) is 7.36. The van der Waals surface area contributed by atoms with Crippen molar-refractivity contribution in [1.29, 1.82) is 0 Å². The van der Waals surface area contributed by atoms with Gasteiger partial charge in [-0.15, -0.1) is 24.0 Å². The fourth-order valence-corrected chi connectivity index (χ4v) is 1.60. The maximum atomic E-state index is 5.07. The first-order valence-electron chi connectivity index (χ1n) is 6.11. The van der Waals surface area contributed by atoms with Gasteiger partial charge in [-0.25, -0.2) is 0 Å². The molecule has 0 aliphatic rings. The van der Waals surface area contributed by atoms with E-state index in [9.17, 15) is 0 Å². The zero-order valence-electron chi connectivity index (χ0n) is 12.0. The van der Waals surface area contributed by atoms with E-state index < -0.39 is 0 Å². The molecule has 1 rings (SSSR count). The SMILES string of the molecule is CN=C(NCCn1cc(C)cn1)NC(C)COC.I. The first kappa shape index (κ1) is 18.2. The molecule has 0 fully saturated rings.